The average Bonchev–Trinajstić information content (AvgIpc) is 2.81. The molecule has 126 valence electrons. The molecule has 6 nitrogen and oxygen atoms in total. The van der Waals surface area contributed by atoms with Crippen molar-refractivity contribution in [1.29, 1.82) is 0 Å². The third-order valence-corrected chi connectivity index (χ3v) is 3.90. The summed E-state index contributed by atoms with van der Waals surface area (Å²) in [5.74, 6) is 0.456. The Bertz CT molecular complexity index is 786. The minimum atomic E-state index is -4.85. The number of nitro groups is 1. The maximum Gasteiger partial charge on any atom is 0.420 e. The van der Waals surface area contributed by atoms with Crippen LogP contribution in [0.4, 0.5) is 24.5 Å². The molecular formula is C13H14ClF3N4O2. The molecule has 0 unspecified atom stereocenters. The van der Waals surface area contributed by atoms with Crippen molar-refractivity contribution in [2.45, 2.75) is 33.0 Å². The van der Waals surface area contributed by atoms with E-state index in [0.29, 0.717) is 18.8 Å². The van der Waals surface area contributed by atoms with Gasteiger partial charge in [0.25, 0.3) is 0 Å². The summed E-state index contributed by atoms with van der Waals surface area (Å²) in [6.45, 7) is 3.82. The maximum absolute atomic E-state index is 13.4. The van der Waals surface area contributed by atoms with E-state index in [1.165, 1.54) is 11.6 Å². The lowest BCUT2D eigenvalue weighted by atomic mass is 10.1. The molecule has 2 rings (SSSR count). The van der Waals surface area contributed by atoms with Gasteiger partial charge in [0.15, 0.2) is 5.52 Å². The molecule has 1 aromatic carbocycles. The number of fused-ring (bicyclic) bond motifs is 1. The summed E-state index contributed by atoms with van der Waals surface area (Å²) in [5.41, 5.74) is -2.51. The molecule has 0 spiro atoms. The van der Waals surface area contributed by atoms with Crippen molar-refractivity contribution in [3.8, 4) is 0 Å². The van der Waals surface area contributed by atoms with Crippen LogP contribution in [0.5, 0.6) is 0 Å². The monoisotopic (exact) mass is 350 g/mol. The predicted octanol–water partition coefficient (Wildman–Crippen LogP) is 4.24. The molecule has 0 aliphatic carbocycles. The van der Waals surface area contributed by atoms with Crippen molar-refractivity contribution >= 4 is 34.0 Å². The second kappa shape index (κ2) is 5.88. The van der Waals surface area contributed by atoms with Gasteiger partial charge in [0, 0.05) is 20.0 Å². The molecule has 0 aliphatic rings. The topological polar surface area (TPSA) is 73.0 Å². The summed E-state index contributed by atoms with van der Waals surface area (Å²) < 4.78 is 41.6. The third-order valence-electron chi connectivity index (χ3n) is 3.53. The number of rotatable bonds is 4. The number of aryl methyl sites for hydroxylation is 2. The van der Waals surface area contributed by atoms with Gasteiger partial charge in [-0.15, -0.1) is 0 Å². The lowest BCUT2D eigenvalue weighted by Gasteiger charge is -2.15. The molecule has 0 radical (unpaired) electrons. The SMILES string of the molecule is CCc1nc2c(NC)c(C(F)(F)F)c(Cl)c([N+](=O)[O-])c2n1CC. The molecule has 0 atom stereocenters. The van der Waals surface area contributed by atoms with Crippen LogP contribution in [-0.4, -0.2) is 21.5 Å². The van der Waals surface area contributed by atoms with Crippen molar-refractivity contribution in [1.82, 2.24) is 9.55 Å². The van der Waals surface area contributed by atoms with Crippen LogP contribution in [0.3, 0.4) is 0 Å². The van der Waals surface area contributed by atoms with Crippen molar-refractivity contribution in [3.05, 3.63) is 26.5 Å². The number of benzene rings is 1. The van der Waals surface area contributed by atoms with E-state index in [9.17, 15) is 23.3 Å². The largest absolute Gasteiger partial charge is 0.420 e. The van der Waals surface area contributed by atoms with Crippen LogP contribution in [0.2, 0.25) is 5.02 Å². The number of halogens is 4. The molecule has 0 saturated heterocycles. The Labute approximate surface area is 134 Å². The van der Waals surface area contributed by atoms with Crippen LogP contribution < -0.4 is 5.32 Å². The van der Waals surface area contributed by atoms with Crippen LogP contribution in [0, 0.1) is 10.1 Å². The van der Waals surface area contributed by atoms with Gasteiger partial charge in [0.2, 0.25) is 0 Å². The summed E-state index contributed by atoms with van der Waals surface area (Å²) in [4.78, 5) is 14.6. The van der Waals surface area contributed by atoms with Gasteiger partial charge in [-0.1, -0.05) is 18.5 Å². The number of hydrogen-bond donors (Lipinski definition) is 1. The summed E-state index contributed by atoms with van der Waals surface area (Å²) in [7, 11) is 1.29. The summed E-state index contributed by atoms with van der Waals surface area (Å²) >= 11 is 5.79. The lowest BCUT2D eigenvalue weighted by Crippen LogP contribution is -2.12. The minimum Gasteiger partial charge on any atom is -0.386 e. The number of anilines is 1. The molecule has 23 heavy (non-hydrogen) atoms. The van der Waals surface area contributed by atoms with Crippen molar-refractivity contribution in [2.24, 2.45) is 0 Å². The van der Waals surface area contributed by atoms with E-state index in [-0.39, 0.29) is 16.7 Å². The zero-order valence-electron chi connectivity index (χ0n) is 12.6. The van der Waals surface area contributed by atoms with Crippen LogP contribution in [-0.2, 0) is 19.1 Å². The Morgan fingerprint density at radius 1 is 1.39 bits per heavy atom. The van der Waals surface area contributed by atoms with Gasteiger partial charge in [0.1, 0.15) is 21.9 Å². The van der Waals surface area contributed by atoms with Crippen LogP contribution in [0.25, 0.3) is 11.0 Å². The van der Waals surface area contributed by atoms with Crippen LogP contribution in [0.15, 0.2) is 0 Å². The summed E-state index contributed by atoms with van der Waals surface area (Å²) in [6, 6.07) is 0. The highest BCUT2D eigenvalue weighted by Gasteiger charge is 2.42. The first-order valence-electron chi connectivity index (χ1n) is 6.82. The number of nitrogens with one attached hydrogen (secondary N) is 1. The third kappa shape index (κ3) is 2.58. The predicted molar refractivity (Wildman–Crippen MR) is 81.0 cm³/mol. The Morgan fingerprint density at radius 3 is 2.39 bits per heavy atom. The van der Waals surface area contributed by atoms with E-state index in [2.05, 4.69) is 10.3 Å². The quantitative estimate of drug-likeness (QED) is 0.661. The average molecular weight is 351 g/mol. The van der Waals surface area contributed by atoms with Gasteiger partial charge < -0.3 is 9.88 Å². The van der Waals surface area contributed by atoms with Crippen LogP contribution >= 0.6 is 11.6 Å². The van der Waals surface area contributed by atoms with Gasteiger partial charge in [0.05, 0.1) is 10.6 Å². The smallest absolute Gasteiger partial charge is 0.386 e. The van der Waals surface area contributed by atoms with Gasteiger partial charge >= 0.3 is 11.9 Å². The first-order valence-corrected chi connectivity index (χ1v) is 7.20. The maximum atomic E-state index is 13.4. The molecule has 0 fully saturated rings. The van der Waals surface area contributed by atoms with Crippen molar-refractivity contribution < 1.29 is 18.1 Å². The fourth-order valence-corrected chi connectivity index (χ4v) is 3.01. The first kappa shape index (κ1) is 17.3. The van der Waals surface area contributed by atoms with Gasteiger partial charge in [-0.3, -0.25) is 10.1 Å². The highest BCUT2D eigenvalue weighted by atomic mass is 35.5. The normalized spacial score (nSPS) is 12.0. The molecule has 10 heteroatoms. The highest BCUT2D eigenvalue weighted by molar-refractivity contribution is 6.35. The zero-order chi connectivity index (χ0) is 17.5. The fourth-order valence-electron chi connectivity index (χ4n) is 2.65. The minimum absolute atomic E-state index is 0.00306. The Balaban J connectivity index is 3.14. The molecule has 0 bridgehead atoms. The molecule has 0 aliphatic heterocycles. The van der Waals surface area contributed by atoms with E-state index in [1.807, 2.05) is 0 Å². The van der Waals surface area contributed by atoms with Gasteiger partial charge in [-0.2, -0.15) is 13.2 Å². The van der Waals surface area contributed by atoms with Crippen molar-refractivity contribution in [3.63, 3.8) is 0 Å². The highest BCUT2D eigenvalue weighted by Crippen LogP contribution is 2.48. The number of alkyl halides is 3. The first-order chi connectivity index (χ1) is 10.7. The molecule has 0 amide bonds. The second-order valence-electron chi connectivity index (χ2n) is 4.74. The zero-order valence-corrected chi connectivity index (χ0v) is 13.3. The van der Waals surface area contributed by atoms with E-state index in [4.69, 9.17) is 11.6 Å². The Hall–Kier alpha value is -2.03. The molecule has 1 aromatic heterocycles. The second-order valence-corrected chi connectivity index (χ2v) is 5.12. The summed E-state index contributed by atoms with van der Waals surface area (Å²) in [6.07, 6.45) is -4.43. The van der Waals surface area contributed by atoms with E-state index < -0.39 is 27.4 Å². The lowest BCUT2D eigenvalue weighted by molar-refractivity contribution is -0.383. The molecular weight excluding hydrogens is 337 g/mol. The standard InChI is InChI=1S/C13H14ClF3N4O2/c1-4-6-19-10-9(18-3)7(13(15,16)17)8(14)11(21(22)23)12(10)20(6)5-2/h18H,4-5H2,1-3H3. The number of nitrogens with zero attached hydrogens (tertiary/aromatic N) is 3. The van der Waals surface area contributed by atoms with E-state index in [0.717, 1.165) is 0 Å². The van der Waals surface area contributed by atoms with E-state index >= 15 is 0 Å². The molecule has 1 heterocycles. The number of aromatic nitrogens is 2. The van der Waals surface area contributed by atoms with Crippen LogP contribution in [0.1, 0.15) is 25.2 Å². The van der Waals surface area contributed by atoms with Crippen molar-refractivity contribution in [2.75, 3.05) is 12.4 Å². The number of hydrogen-bond acceptors (Lipinski definition) is 4. The molecule has 2 aromatic rings. The van der Waals surface area contributed by atoms with Gasteiger partial charge in [-0.05, 0) is 6.92 Å². The Kier molecular flexibility index (Phi) is 4.43. The number of imidazole rings is 1. The molecule has 0 saturated carbocycles. The Morgan fingerprint density at radius 2 is 2.00 bits per heavy atom. The fraction of sp³-hybridized carbons (Fsp3) is 0.462. The number of nitro benzene ring substituents is 1. The van der Waals surface area contributed by atoms with E-state index in [1.54, 1.807) is 13.8 Å². The molecule has 1 N–H and O–H groups in total. The van der Waals surface area contributed by atoms with Gasteiger partial charge in [-0.25, -0.2) is 4.98 Å². The summed E-state index contributed by atoms with van der Waals surface area (Å²) in [5, 5.41) is 12.9.